The Morgan fingerprint density at radius 1 is 1.44 bits per heavy atom. The molecule has 18 heavy (non-hydrogen) atoms. The zero-order valence-electron chi connectivity index (χ0n) is 10.1. The van der Waals surface area contributed by atoms with Crippen molar-refractivity contribution in [3.63, 3.8) is 0 Å². The second-order valence-electron chi connectivity index (χ2n) is 3.75. The van der Waals surface area contributed by atoms with Gasteiger partial charge in [-0.3, -0.25) is 9.69 Å². The maximum Gasteiger partial charge on any atom is 0.324 e. The number of nitrogens with one attached hydrogen (secondary N) is 1. The van der Waals surface area contributed by atoms with Gasteiger partial charge in [0.1, 0.15) is 0 Å². The average Bonchev–Trinajstić information content (AvgIpc) is 2.32. The van der Waals surface area contributed by atoms with Crippen molar-refractivity contribution in [3.05, 3.63) is 34.9 Å². The van der Waals surface area contributed by atoms with Crippen LogP contribution in [0, 0.1) is 0 Å². The minimum Gasteiger partial charge on any atom is -0.334 e. The molecule has 0 aliphatic rings. The van der Waals surface area contributed by atoms with E-state index in [1.807, 2.05) is 6.07 Å². The molecule has 6 heteroatoms. The van der Waals surface area contributed by atoms with E-state index in [1.165, 1.54) is 6.92 Å². The first-order chi connectivity index (χ1) is 8.54. The first-order valence-corrected chi connectivity index (χ1v) is 5.93. The SMILES string of the molecule is CC(=O)N(CCN)C(=O)NCc1cccc(Cl)c1. The van der Waals surface area contributed by atoms with Crippen LogP contribution in [0.15, 0.2) is 24.3 Å². The molecule has 1 rings (SSSR count). The smallest absolute Gasteiger partial charge is 0.324 e. The predicted octanol–water partition coefficient (Wildman–Crippen LogP) is 1.36. The van der Waals surface area contributed by atoms with Gasteiger partial charge in [-0.2, -0.15) is 0 Å². The van der Waals surface area contributed by atoms with Gasteiger partial charge in [-0.25, -0.2) is 4.79 Å². The third-order valence-electron chi connectivity index (χ3n) is 2.31. The number of nitrogens with two attached hydrogens (primary N) is 1. The summed E-state index contributed by atoms with van der Waals surface area (Å²) in [5.74, 6) is -0.330. The van der Waals surface area contributed by atoms with E-state index in [0.717, 1.165) is 10.5 Å². The second-order valence-corrected chi connectivity index (χ2v) is 4.18. The standard InChI is InChI=1S/C12H16ClN3O2/c1-9(17)16(6-5-14)12(18)15-8-10-3-2-4-11(13)7-10/h2-4,7H,5-6,8,14H2,1H3,(H,15,18). The second kappa shape index (κ2) is 6.98. The number of benzene rings is 1. The average molecular weight is 270 g/mol. The van der Waals surface area contributed by atoms with Gasteiger partial charge in [0.05, 0.1) is 0 Å². The van der Waals surface area contributed by atoms with Crippen LogP contribution in [-0.4, -0.2) is 29.9 Å². The molecule has 3 amide bonds. The van der Waals surface area contributed by atoms with Crippen molar-refractivity contribution in [1.29, 1.82) is 0 Å². The molecular formula is C12H16ClN3O2. The van der Waals surface area contributed by atoms with E-state index in [0.29, 0.717) is 11.6 Å². The van der Waals surface area contributed by atoms with Crippen molar-refractivity contribution < 1.29 is 9.59 Å². The summed E-state index contributed by atoms with van der Waals surface area (Å²) in [6.45, 7) is 2.09. The van der Waals surface area contributed by atoms with Crippen LogP contribution < -0.4 is 11.1 Å². The molecule has 0 heterocycles. The molecule has 0 fully saturated rings. The monoisotopic (exact) mass is 269 g/mol. The normalized spacial score (nSPS) is 9.94. The molecule has 0 spiro atoms. The molecule has 0 aliphatic heterocycles. The minimum atomic E-state index is -0.451. The van der Waals surface area contributed by atoms with Crippen LogP contribution in [0.4, 0.5) is 4.79 Å². The van der Waals surface area contributed by atoms with Gasteiger partial charge >= 0.3 is 6.03 Å². The molecular weight excluding hydrogens is 254 g/mol. The predicted molar refractivity (Wildman–Crippen MR) is 70.1 cm³/mol. The lowest BCUT2D eigenvalue weighted by Gasteiger charge is -2.18. The Morgan fingerprint density at radius 3 is 2.72 bits per heavy atom. The lowest BCUT2D eigenvalue weighted by Crippen LogP contribution is -2.44. The summed E-state index contributed by atoms with van der Waals surface area (Å²) >= 11 is 5.83. The van der Waals surface area contributed by atoms with Gasteiger partial charge in [0.15, 0.2) is 0 Å². The molecule has 1 aromatic carbocycles. The summed E-state index contributed by atoms with van der Waals surface area (Å²) in [5, 5.41) is 3.25. The molecule has 0 saturated heterocycles. The summed E-state index contributed by atoms with van der Waals surface area (Å²) in [5.41, 5.74) is 6.21. The first kappa shape index (κ1) is 14.5. The van der Waals surface area contributed by atoms with Crippen molar-refractivity contribution in [2.75, 3.05) is 13.1 Å². The summed E-state index contributed by atoms with van der Waals surface area (Å²) in [4.78, 5) is 24.0. The lowest BCUT2D eigenvalue weighted by molar-refractivity contribution is -0.125. The fourth-order valence-electron chi connectivity index (χ4n) is 1.45. The number of halogens is 1. The zero-order chi connectivity index (χ0) is 13.5. The molecule has 0 saturated carbocycles. The molecule has 3 N–H and O–H groups in total. The minimum absolute atomic E-state index is 0.205. The van der Waals surface area contributed by atoms with Crippen molar-refractivity contribution in [1.82, 2.24) is 10.2 Å². The number of carbonyl (C=O) groups excluding carboxylic acids is 2. The largest absolute Gasteiger partial charge is 0.334 e. The highest BCUT2D eigenvalue weighted by Gasteiger charge is 2.16. The summed E-state index contributed by atoms with van der Waals surface area (Å²) in [7, 11) is 0. The highest BCUT2D eigenvalue weighted by atomic mass is 35.5. The molecule has 0 bridgehead atoms. The summed E-state index contributed by atoms with van der Waals surface area (Å²) in [6, 6.07) is 6.69. The van der Waals surface area contributed by atoms with E-state index in [2.05, 4.69) is 5.32 Å². The van der Waals surface area contributed by atoms with E-state index in [4.69, 9.17) is 17.3 Å². The van der Waals surface area contributed by atoms with Crippen molar-refractivity contribution in [2.45, 2.75) is 13.5 Å². The van der Waals surface area contributed by atoms with Crippen LogP contribution in [0.25, 0.3) is 0 Å². The molecule has 1 aromatic rings. The Kier molecular flexibility index (Phi) is 5.61. The van der Waals surface area contributed by atoms with Crippen LogP contribution in [0.5, 0.6) is 0 Å². The fourth-order valence-corrected chi connectivity index (χ4v) is 1.66. The number of hydrogen-bond donors (Lipinski definition) is 2. The van der Waals surface area contributed by atoms with Crippen LogP contribution in [0.1, 0.15) is 12.5 Å². The lowest BCUT2D eigenvalue weighted by atomic mass is 10.2. The highest BCUT2D eigenvalue weighted by molar-refractivity contribution is 6.30. The highest BCUT2D eigenvalue weighted by Crippen LogP contribution is 2.10. The van der Waals surface area contributed by atoms with Gasteiger partial charge in [-0.1, -0.05) is 23.7 Å². The first-order valence-electron chi connectivity index (χ1n) is 5.55. The van der Waals surface area contributed by atoms with Crippen molar-refractivity contribution >= 4 is 23.5 Å². The van der Waals surface area contributed by atoms with Crippen LogP contribution >= 0.6 is 11.6 Å². The quantitative estimate of drug-likeness (QED) is 0.867. The van der Waals surface area contributed by atoms with Crippen LogP contribution in [-0.2, 0) is 11.3 Å². The maximum atomic E-state index is 11.7. The van der Waals surface area contributed by atoms with E-state index in [-0.39, 0.29) is 19.0 Å². The number of amides is 3. The molecule has 0 unspecified atom stereocenters. The third kappa shape index (κ3) is 4.35. The van der Waals surface area contributed by atoms with E-state index in [9.17, 15) is 9.59 Å². The van der Waals surface area contributed by atoms with Gasteiger partial charge < -0.3 is 11.1 Å². The molecule has 98 valence electrons. The van der Waals surface area contributed by atoms with E-state index in [1.54, 1.807) is 18.2 Å². The summed E-state index contributed by atoms with van der Waals surface area (Å²) < 4.78 is 0. The number of hydrogen-bond acceptors (Lipinski definition) is 3. The number of urea groups is 1. The molecule has 0 aliphatic carbocycles. The Bertz CT molecular complexity index is 437. The van der Waals surface area contributed by atoms with Gasteiger partial charge in [-0.15, -0.1) is 0 Å². The Morgan fingerprint density at radius 2 is 2.17 bits per heavy atom. The Balaban J connectivity index is 2.56. The zero-order valence-corrected chi connectivity index (χ0v) is 10.9. The number of imide groups is 1. The van der Waals surface area contributed by atoms with Crippen molar-refractivity contribution in [3.8, 4) is 0 Å². The van der Waals surface area contributed by atoms with E-state index >= 15 is 0 Å². The third-order valence-corrected chi connectivity index (χ3v) is 2.55. The Labute approximate surface area is 111 Å². The topological polar surface area (TPSA) is 75.4 Å². The van der Waals surface area contributed by atoms with Gasteiger partial charge in [-0.05, 0) is 17.7 Å². The van der Waals surface area contributed by atoms with Crippen LogP contribution in [0.2, 0.25) is 5.02 Å². The number of rotatable bonds is 4. The Hall–Kier alpha value is -1.59. The number of carbonyl (C=O) groups is 2. The molecule has 0 atom stereocenters. The fraction of sp³-hybridized carbons (Fsp3) is 0.333. The van der Waals surface area contributed by atoms with E-state index < -0.39 is 6.03 Å². The van der Waals surface area contributed by atoms with Crippen LogP contribution in [0.3, 0.4) is 0 Å². The summed E-state index contributed by atoms with van der Waals surface area (Å²) in [6.07, 6.45) is 0. The number of nitrogens with zero attached hydrogens (tertiary/aromatic N) is 1. The molecule has 0 radical (unpaired) electrons. The van der Waals surface area contributed by atoms with Gasteiger partial charge in [0, 0.05) is 31.6 Å². The maximum absolute atomic E-state index is 11.7. The van der Waals surface area contributed by atoms with Crippen molar-refractivity contribution in [2.24, 2.45) is 5.73 Å². The van der Waals surface area contributed by atoms with Gasteiger partial charge in [0.2, 0.25) is 5.91 Å². The molecule has 5 nitrogen and oxygen atoms in total. The molecule has 0 aromatic heterocycles. The van der Waals surface area contributed by atoms with Gasteiger partial charge in [0.25, 0.3) is 0 Å².